The molecule has 0 amide bonds. The topological polar surface area (TPSA) is 53.6 Å². The van der Waals surface area contributed by atoms with Gasteiger partial charge >= 0.3 is 0 Å². The van der Waals surface area contributed by atoms with Crippen LogP contribution in [0.1, 0.15) is 38.1 Å². The zero-order valence-corrected chi connectivity index (χ0v) is 12.0. The van der Waals surface area contributed by atoms with Gasteiger partial charge in [-0.05, 0) is 47.3 Å². The van der Waals surface area contributed by atoms with E-state index in [0.29, 0.717) is 6.04 Å². The van der Waals surface area contributed by atoms with E-state index >= 15 is 0 Å². The second-order valence-corrected chi connectivity index (χ2v) is 6.06. The van der Waals surface area contributed by atoms with Crippen LogP contribution in [0.25, 0.3) is 11.2 Å². The minimum absolute atomic E-state index is 0.336. The highest BCUT2D eigenvalue weighted by molar-refractivity contribution is 9.10. The molecule has 1 saturated heterocycles. The van der Waals surface area contributed by atoms with Crippen molar-refractivity contribution in [1.29, 1.82) is 0 Å². The molecule has 2 aromatic heterocycles. The first-order valence-corrected chi connectivity index (χ1v) is 7.26. The lowest BCUT2D eigenvalue weighted by Gasteiger charge is -2.13. The summed E-state index contributed by atoms with van der Waals surface area (Å²) in [7, 11) is 0. The zero-order valence-electron chi connectivity index (χ0n) is 10.4. The maximum atomic E-state index is 4.59. The molecule has 1 aliphatic rings. The van der Waals surface area contributed by atoms with Gasteiger partial charge in [0.1, 0.15) is 5.82 Å². The monoisotopic (exact) mass is 308 g/mol. The third-order valence-corrected chi connectivity index (χ3v) is 3.99. The summed E-state index contributed by atoms with van der Waals surface area (Å²) in [6, 6.07) is 2.36. The Balaban J connectivity index is 1.89. The SMILES string of the molecule is C[C@H]1CCCC(c2nc3ncc(Br)cc3[nH]2)NC1. The molecular formula is C13H17BrN4. The standard InChI is InChI=1S/C13H17BrN4/c1-8-3-2-4-10(15-6-8)13-17-11-5-9(14)7-16-12(11)18-13/h5,7-8,10,15H,2-4,6H2,1H3,(H,16,17,18)/t8-,10?/m0/s1. The minimum atomic E-state index is 0.336. The van der Waals surface area contributed by atoms with E-state index in [1.165, 1.54) is 12.8 Å². The highest BCUT2D eigenvalue weighted by Crippen LogP contribution is 2.25. The second kappa shape index (κ2) is 4.97. The van der Waals surface area contributed by atoms with Crippen LogP contribution in [-0.4, -0.2) is 21.5 Å². The van der Waals surface area contributed by atoms with E-state index in [-0.39, 0.29) is 0 Å². The molecule has 2 aromatic rings. The van der Waals surface area contributed by atoms with E-state index in [2.05, 4.69) is 43.1 Å². The number of pyridine rings is 1. The van der Waals surface area contributed by atoms with Gasteiger partial charge in [-0.15, -0.1) is 0 Å². The lowest BCUT2D eigenvalue weighted by molar-refractivity contribution is 0.484. The molecule has 0 aliphatic carbocycles. The van der Waals surface area contributed by atoms with Crippen LogP contribution < -0.4 is 5.32 Å². The van der Waals surface area contributed by atoms with E-state index in [1.807, 2.05) is 6.07 Å². The Morgan fingerprint density at radius 2 is 2.28 bits per heavy atom. The summed E-state index contributed by atoms with van der Waals surface area (Å²) in [5, 5.41) is 3.59. The van der Waals surface area contributed by atoms with Crippen molar-refractivity contribution < 1.29 is 0 Å². The van der Waals surface area contributed by atoms with Gasteiger partial charge in [-0.3, -0.25) is 0 Å². The normalized spacial score (nSPS) is 25.2. The fourth-order valence-corrected chi connectivity index (χ4v) is 2.84. The molecule has 0 bridgehead atoms. The first-order valence-electron chi connectivity index (χ1n) is 6.47. The maximum absolute atomic E-state index is 4.59. The van der Waals surface area contributed by atoms with Crippen LogP contribution in [0.5, 0.6) is 0 Å². The third kappa shape index (κ3) is 2.42. The molecule has 3 rings (SSSR count). The Hall–Kier alpha value is -0.940. The highest BCUT2D eigenvalue weighted by atomic mass is 79.9. The highest BCUT2D eigenvalue weighted by Gasteiger charge is 2.20. The summed E-state index contributed by atoms with van der Waals surface area (Å²) in [5.74, 6) is 1.77. The van der Waals surface area contributed by atoms with Crippen LogP contribution in [0.15, 0.2) is 16.7 Å². The molecule has 3 heterocycles. The molecule has 1 unspecified atom stereocenters. The first-order chi connectivity index (χ1) is 8.72. The fourth-order valence-electron chi connectivity index (χ4n) is 2.51. The Bertz CT molecular complexity index is 551. The zero-order chi connectivity index (χ0) is 12.5. The number of fused-ring (bicyclic) bond motifs is 1. The van der Waals surface area contributed by atoms with E-state index in [4.69, 9.17) is 0 Å². The Morgan fingerprint density at radius 1 is 1.39 bits per heavy atom. The number of hydrogen-bond acceptors (Lipinski definition) is 3. The van der Waals surface area contributed by atoms with Gasteiger partial charge in [-0.25, -0.2) is 9.97 Å². The summed E-state index contributed by atoms with van der Waals surface area (Å²) < 4.78 is 0.979. The van der Waals surface area contributed by atoms with Gasteiger partial charge in [-0.1, -0.05) is 13.3 Å². The number of aromatic amines is 1. The molecule has 0 saturated carbocycles. The molecule has 1 aliphatic heterocycles. The number of nitrogens with zero attached hydrogens (tertiary/aromatic N) is 2. The van der Waals surface area contributed by atoms with Gasteiger partial charge in [0.2, 0.25) is 0 Å². The van der Waals surface area contributed by atoms with Crippen LogP contribution in [0.2, 0.25) is 0 Å². The van der Waals surface area contributed by atoms with Crippen LogP contribution in [0, 0.1) is 5.92 Å². The van der Waals surface area contributed by atoms with E-state index in [1.54, 1.807) is 6.20 Å². The van der Waals surface area contributed by atoms with Gasteiger partial charge in [0.05, 0.1) is 11.6 Å². The maximum Gasteiger partial charge on any atom is 0.177 e. The third-order valence-electron chi connectivity index (χ3n) is 3.55. The number of imidazole rings is 1. The van der Waals surface area contributed by atoms with Crippen LogP contribution in [0.4, 0.5) is 0 Å². The molecule has 0 radical (unpaired) electrons. The fraction of sp³-hybridized carbons (Fsp3) is 0.538. The molecule has 2 atom stereocenters. The molecule has 2 N–H and O–H groups in total. The van der Waals surface area contributed by atoms with Crippen molar-refractivity contribution in [1.82, 2.24) is 20.3 Å². The van der Waals surface area contributed by atoms with Crippen molar-refractivity contribution in [3.05, 3.63) is 22.6 Å². The lowest BCUT2D eigenvalue weighted by Crippen LogP contribution is -2.24. The number of hydrogen-bond donors (Lipinski definition) is 2. The Morgan fingerprint density at radius 3 is 3.17 bits per heavy atom. The molecular weight excluding hydrogens is 292 g/mol. The van der Waals surface area contributed by atoms with Gasteiger partial charge in [-0.2, -0.15) is 0 Å². The van der Waals surface area contributed by atoms with Crippen molar-refractivity contribution in [2.24, 2.45) is 5.92 Å². The summed E-state index contributed by atoms with van der Waals surface area (Å²) in [5.41, 5.74) is 1.80. The molecule has 5 heteroatoms. The number of H-pyrrole nitrogens is 1. The Kier molecular flexibility index (Phi) is 3.35. The number of rotatable bonds is 1. The molecule has 0 spiro atoms. The van der Waals surface area contributed by atoms with Crippen molar-refractivity contribution in [2.45, 2.75) is 32.2 Å². The minimum Gasteiger partial charge on any atom is -0.339 e. The number of halogens is 1. The van der Waals surface area contributed by atoms with Gasteiger partial charge in [0, 0.05) is 10.7 Å². The molecule has 0 aromatic carbocycles. The lowest BCUT2D eigenvalue weighted by atomic mass is 10.1. The predicted octanol–water partition coefficient (Wildman–Crippen LogP) is 3.17. The predicted molar refractivity (Wildman–Crippen MR) is 75.3 cm³/mol. The average Bonchev–Trinajstić information content (AvgIpc) is 2.63. The molecule has 96 valence electrons. The molecule has 4 nitrogen and oxygen atoms in total. The average molecular weight is 309 g/mol. The summed E-state index contributed by atoms with van der Waals surface area (Å²) in [6.07, 6.45) is 5.49. The van der Waals surface area contributed by atoms with Gasteiger partial charge in [0.25, 0.3) is 0 Å². The molecule has 1 fully saturated rings. The summed E-state index contributed by atoms with van der Waals surface area (Å²) >= 11 is 3.43. The second-order valence-electron chi connectivity index (χ2n) is 5.14. The van der Waals surface area contributed by atoms with Crippen molar-refractivity contribution in [3.63, 3.8) is 0 Å². The van der Waals surface area contributed by atoms with E-state index in [0.717, 1.165) is 40.3 Å². The van der Waals surface area contributed by atoms with Gasteiger partial charge in [0.15, 0.2) is 5.65 Å². The largest absolute Gasteiger partial charge is 0.339 e. The van der Waals surface area contributed by atoms with Crippen molar-refractivity contribution in [2.75, 3.05) is 6.54 Å². The van der Waals surface area contributed by atoms with Crippen LogP contribution in [-0.2, 0) is 0 Å². The summed E-state index contributed by atoms with van der Waals surface area (Å²) in [4.78, 5) is 12.3. The molecule has 18 heavy (non-hydrogen) atoms. The van der Waals surface area contributed by atoms with Gasteiger partial charge < -0.3 is 10.3 Å². The first kappa shape index (κ1) is 12.1. The smallest absolute Gasteiger partial charge is 0.177 e. The van der Waals surface area contributed by atoms with E-state index in [9.17, 15) is 0 Å². The Labute approximate surface area is 115 Å². The summed E-state index contributed by atoms with van der Waals surface area (Å²) in [6.45, 7) is 3.37. The number of aromatic nitrogens is 3. The number of nitrogens with one attached hydrogen (secondary N) is 2. The van der Waals surface area contributed by atoms with Crippen LogP contribution >= 0.6 is 15.9 Å². The van der Waals surface area contributed by atoms with Crippen LogP contribution in [0.3, 0.4) is 0 Å². The van der Waals surface area contributed by atoms with Crippen molar-refractivity contribution in [3.8, 4) is 0 Å². The quantitative estimate of drug-likeness (QED) is 0.851. The van der Waals surface area contributed by atoms with Crippen molar-refractivity contribution >= 4 is 27.1 Å². The van der Waals surface area contributed by atoms with E-state index < -0.39 is 0 Å².